The third-order valence-electron chi connectivity index (χ3n) is 5.50. The molecule has 4 aromatic rings. The number of amides is 1. The molecule has 9 heteroatoms. The Morgan fingerprint density at radius 1 is 1.15 bits per heavy atom. The fourth-order valence-corrected chi connectivity index (χ4v) is 3.53. The topological polar surface area (TPSA) is 94.0 Å². The summed E-state index contributed by atoms with van der Waals surface area (Å²) in [7, 11) is 3.39. The maximum absolute atomic E-state index is 14.1. The van der Waals surface area contributed by atoms with Crippen molar-refractivity contribution in [2.75, 3.05) is 12.4 Å². The van der Waals surface area contributed by atoms with E-state index in [2.05, 4.69) is 25.8 Å². The molecule has 2 N–H and O–H groups in total. The largest absolute Gasteiger partial charge is 0.497 e. The van der Waals surface area contributed by atoms with Gasteiger partial charge in [0.25, 0.3) is 5.91 Å². The monoisotopic (exact) mass is 460 g/mol. The van der Waals surface area contributed by atoms with Gasteiger partial charge < -0.3 is 19.9 Å². The van der Waals surface area contributed by atoms with Gasteiger partial charge in [-0.05, 0) is 48.9 Å². The number of hydrogen-bond donors (Lipinski definition) is 2. The summed E-state index contributed by atoms with van der Waals surface area (Å²) in [5.41, 5.74) is 2.56. The highest BCUT2D eigenvalue weighted by molar-refractivity contribution is 5.95. The molecule has 0 bridgehead atoms. The van der Waals surface area contributed by atoms with Crippen LogP contribution in [0.5, 0.6) is 5.75 Å². The van der Waals surface area contributed by atoms with E-state index in [9.17, 15) is 9.18 Å². The Morgan fingerprint density at radius 2 is 1.97 bits per heavy atom. The summed E-state index contributed by atoms with van der Waals surface area (Å²) in [5, 5.41) is 14.5. The molecule has 2 heterocycles. The van der Waals surface area contributed by atoms with Crippen LogP contribution in [0.3, 0.4) is 0 Å². The van der Waals surface area contributed by atoms with E-state index in [1.165, 1.54) is 6.20 Å². The molecular weight excluding hydrogens is 435 g/mol. The molecule has 1 amide bonds. The zero-order valence-electron chi connectivity index (χ0n) is 19.1. The van der Waals surface area contributed by atoms with Crippen LogP contribution in [0.1, 0.15) is 34.7 Å². The van der Waals surface area contributed by atoms with Crippen LogP contribution in [-0.2, 0) is 13.6 Å². The van der Waals surface area contributed by atoms with Crippen LogP contribution in [-0.4, -0.2) is 32.8 Å². The van der Waals surface area contributed by atoms with E-state index >= 15 is 0 Å². The third kappa shape index (κ3) is 5.03. The number of ether oxygens (including phenoxy) is 1. The number of carbonyl (C=O) groups excluding carboxylic acids is 1. The summed E-state index contributed by atoms with van der Waals surface area (Å²) in [6.07, 6.45) is 2.66. The van der Waals surface area contributed by atoms with E-state index < -0.39 is 5.82 Å². The first-order valence-electron chi connectivity index (χ1n) is 10.7. The van der Waals surface area contributed by atoms with Crippen molar-refractivity contribution in [2.24, 2.45) is 7.05 Å². The Bertz CT molecular complexity index is 1310. The van der Waals surface area contributed by atoms with Crippen molar-refractivity contribution in [1.29, 1.82) is 0 Å². The number of hydrogen-bond acceptors (Lipinski definition) is 6. The third-order valence-corrected chi connectivity index (χ3v) is 5.50. The average Bonchev–Trinajstić information content (AvgIpc) is 3.23. The van der Waals surface area contributed by atoms with Gasteiger partial charge in [0.2, 0.25) is 0 Å². The van der Waals surface area contributed by atoms with Crippen LogP contribution in [0.15, 0.2) is 67.0 Å². The Kier molecular flexibility index (Phi) is 6.82. The number of carbonyl (C=O) groups is 1. The number of nitrogens with zero attached hydrogens (tertiary/aromatic N) is 4. The number of anilines is 1. The summed E-state index contributed by atoms with van der Waals surface area (Å²) in [6, 6.07) is 16.2. The van der Waals surface area contributed by atoms with Crippen molar-refractivity contribution >= 4 is 11.6 Å². The second-order valence-corrected chi connectivity index (χ2v) is 7.76. The second kappa shape index (κ2) is 10.1. The van der Waals surface area contributed by atoms with Gasteiger partial charge in [0.15, 0.2) is 17.5 Å². The van der Waals surface area contributed by atoms with Crippen molar-refractivity contribution in [1.82, 2.24) is 25.1 Å². The first-order chi connectivity index (χ1) is 16.5. The van der Waals surface area contributed by atoms with Gasteiger partial charge in [0.05, 0.1) is 31.5 Å². The number of aromatic nitrogens is 4. The van der Waals surface area contributed by atoms with Gasteiger partial charge >= 0.3 is 0 Å². The van der Waals surface area contributed by atoms with Crippen LogP contribution < -0.4 is 15.4 Å². The molecule has 0 saturated carbocycles. The van der Waals surface area contributed by atoms with Crippen molar-refractivity contribution < 1.29 is 13.9 Å². The lowest BCUT2D eigenvalue weighted by atomic mass is 10.1. The first kappa shape index (κ1) is 22.9. The highest BCUT2D eigenvalue weighted by Gasteiger charge is 2.15. The van der Waals surface area contributed by atoms with E-state index in [0.29, 0.717) is 29.3 Å². The number of halogens is 1. The van der Waals surface area contributed by atoms with Crippen molar-refractivity contribution in [3.8, 4) is 17.1 Å². The number of benzene rings is 2. The second-order valence-electron chi connectivity index (χ2n) is 7.76. The van der Waals surface area contributed by atoms with Crippen LogP contribution in [0, 0.1) is 5.82 Å². The highest BCUT2D eigenvalue weighted by Crippen LogP contribution is 2.21. The fraction of sp³-hybridized carbons (Fsp3) is 0.200. The average molecular weight is 461 g/mol. The van der Waals surface area contributed by atoms with Crippen LogP contribution in [0.4, 0.5) is 10.1 Å². The normalized spacial score (nSPS) is 11.6. The summed E-state index contributed by atoms with van der Waals surface area (Å²) in [5.74, 6) is 1.12. The minimum absolute atomic E-state index is 0.187. The lowest BCUT2D eigenvalue weighted by Gasteiger charge is -2.16. The lowest BCUT2D eigenvalue weighted by molar-refractivity contribution is 0.0940. The Balaban J connectivity index is 1.42. The molecule has 2 aromatic carbocycles. The standard InChI is InChI=1S/C25H25FN6O2/c1-16(17-6-5-9-20(13-17)34-3)29-25(33)18-7-4-8-19(12-18)28-15-23-30-31-24(32(23)2)21-10-11-27-14-22(21)26/h4-14,16,28H,15H2,1-3H3,(H,29,33)/t16-/m0/s1. The number of methoxy groups -OCH3 is 1. The quantitative estimate of drug-likeness (QED) is 0.411. The molecule has 34 heavy (non-hydrogen) atoms. The molecule has 0 radical (unpaired) electrons. The molecule has 2 aromatic heterocycles. The SMILES string of the molecule is COc1cccc([C@H](C)NC(=O)c2cccc(NCc3nnc(-c4ccncc4F)n3C)c2)c1. The van der Waals surface area contributed by atoms with Gasteiger partial charge in [-0.3, -0.25) is 9.78 Å². The first-order valence-corrected chi connectivity index (χ1v) is 10.7. The van der Waals surface area contributed by atoms with Crippen LogP contribution >= 0.6 is 0 Å². The number of nitrogens with one attached hydrogen (secondary N) is 2. The van der Waals surface area contributed by atoms with Gasteiger partial charge in [-0.1, -0.05) is 18.2 Å². The van der Waals surface area contributed by atoms with Gasteiger partial charge in [-0.15, -0.1) is 10.2 Å². The van der Waals surface area contributed by atoms with E-state index in [4.69, 9.17) is 4.74 Å². The Labute approximate surface area is 196 Å². The minimum atomic E-state index is -0.459. The van der Waals surface area contributed by atoms with Crippen LogP contribution in [0.25, 0.3) is 11.4 Å². The predicted molar refractivity (Wildman–Crippen MR) is 127 cm³/mol. The maximum atomic E-state index is 14.1. The highest BCUT2D eigenvalue weighted by atomic mass is 19.1. The molecular formula is C25H25FN6O2. The lowest BCUT2D eigenvalue weighted by Crippen LogP contribution is -2.26. The molecule has 1 atom stereocenters. The van der Waals surface area contributed by atoms with Crippen molar-refractivity contribution in [3.05, 3.63) is 89.8 Å². The molecule has 4 rings (SSSR count). The molecule has 0 spiro atoms. The van der Waals surface area contributed by atoms with Gasteiger partial charge in [0.1, 0.15) is 5.75 Å². The van der Waals surface area contributed by atoms with E-state index in [1.807, 2.05) is 43.3 Å². The summed E-state index contributed by atoms with van der Waals surface area (Å²) in [6.45, 7) is 2.27. The fourth-order valence-electron chi connectivity index (χ4n) is 3.53. The molecule has 0 aliphatic carbocycles. The van der Waals surface area contributed by atoms with E-state index in [-0.39, 0.29) is 11.9 Å². The Hall–Kier alpha value is -4.27. The minimum Gasteiger partial charge on any atom is -0.497 e. The zero-order chi connectivity index (χ0) is 24.1. The molecule has 174 valence electrons. The molecule has 0 saturated heterocycles. The molecule has 8 nitrogen and oxygen atoms in total. The van der Waals surface area contributed by atoms with Gasteiger partial charge in [-0.25, -0.2) is 4.39 Å². The zero-order valence-corrected chi connectivity index (χ0v) is 19.1. The molecule has 0 fully saturated rings. The van der Waals surface area contributed by atoms with Crippen molar-refractivity contribution in [3.63, 3.8) is 0 Å². The smallest absolute Gasteiger partial charge is 0.251 e. The molecule has 0 aliphatic heterocycles. The van der Waals surface area contributed by atoms with Gasteiger partial charge in [-0.2, -0.15) is 0 Å². The number of rotatable bonds is 8. The van der Waals surface area contributed by atoms with Gasteiger partial charge in [0, 0.05) is 24.5 Å². The van der Waals surface area contributed by atoms with E-state index in [1.54, 1.807) is 36.9 Å². The summed E-state index contributed by atoms with van der Waals surface area (Å²) in [4.78, 5) is 16.6. The Morgan fingerprint density at radius 3 is 2.76 bits per heavy atom. The number of pyridine rings is 1. The molecule has 0 aliphatic rings. The van der Waals surface area contributed by atoms with Crippen molar-refractivity contribution in [2.45, 2.75) is 19.5 Å². The maximum Gasteiger partial charge on any atom is 0.251 e. The predicted octanol–water partition coefficient (Wildman–Crippen LogP) is 4.13. The van der Waals surface area contributed by atoms with E-state index in [0.717, 1.165) is 23.2 Å². The summed E-state index contributed by atoms with van der Waals surface area (Å²) < 4.78 is 21.0. The molecule has 0 unspecified atom stereocenters. The van der Waals surface area contributed by atoms with Crippen LogP contribution in [0.2, 0.25) is 0 Å². The summed E-state index contributed by atoms with van der Waals surface area (Å²) >= 11 is 0.